The van der Waals surface area contributed by atoms with E-state index in [0.29, 0.717) is 18.0 Å². The predicted molar refractivity (Wildman–Crippen MR) is 145 cm³/mol. The van der Waals surface area contributed by atoms with Gasteiger partial charge < -0.3 is 14.7 Å². The molecule has 2 heterocycles. The van der Waals surface area contributed by atoms with Gasteiger partial charge in [-0.15, -0.1) is 0 Å². The molecular weight excluding hydrogens is 422 g/mol. The topological polar surface area (TPSA) is 48.8 Å². The SMILES string of the molecule is CC.CC.Cc1cccc(N2CCN(CCCCOc3ccc4cccc(O)c4n3)CC2)c1C. The molecule has 0 aliphatic carbocycles. The first-order chi connectivity index (χ1) is 16.6. The van der Waals surface area contributed by atoms with Gasteiger partial charge in [0, 0.05) is 43.3 Å². The van der Waals surface area contributed by atoms with Gasteiger partial charge in [-0.05, 0) is 62.6 Å². The van der Waals surface area contributed by atoms with Crippen LogP contribution in [-0.2, 0) is 0 Å². The number of unbranched alkanes of at least 4 members (excludes halogenated alkanes) is 1. The number of phenols is 1. The number of pyridine rings is 1. The summed E-state index contributed by atoms with van der Waals surface area (Å²) in [4.78, 5) is 9.49. The normalized spacial score (nSPS) is 13.5. The summed E-state index contributed by atoms with van der Waals surface area (Å²) in [5, 5.41) is 10.9. The van der Waals surface area contributed by atoms with Crippen molar-refractivity contribution in [1.29, 1.82) is 0 Å². The summed E-state index contributed by atoms with van der Waals surface area (Å²) in [7, 11) is 0. The van der Waals surface area contributed by atoms with E-state index in [9.17, 15) is 5.11 Å². The number of piperazine rings is 1. The highest BCUT2D eigenvalue weighted by Crippen LogP contribution is 2.25. The lowest BCUT2D eigenvalue weighted by molar-refractivity contribution is 0.236. The number of aromatic nitrogens is 1. The molecule has 4 rings (SSSR count). The molecule has 1 aromatic heterocycles. The van der Waals surface area contributed by atoms with Crippen LogP contribution in [0, 0.1) is 13.8 Å². The van der Waals surface area contributed by atoms with Crippen molar-refractivity contribution >= 4 is 16.6 Å². The Labute approximate surface area is 206 Å². The maximum Gasteiger partial charge on any atom is 0.213 e. The molecule has 5 heteroatoms. The van der Waals surface area contributed by atoms with E-state index in [1.807, 2.05) is 52.0 Å². The fourth-order valence-corrected chi connectivity index (χ4v) is 4.10. The summed E-state index contributed by atoms with van der Waals surface area (Å²) in [6, 6.07) is 15.8. The van der Waals surface area contributed by atoms with E-state index in [4.69, 9.17) is 4.74 Å². The lowest BCUT2D eigenvalue weighted by Crippen LogP contribution is -2.46. The van der Waals surface area contributed by atoms with Crippen molar-refractivity contribution in [2.24, 2.45) is 0 Å². The number of ether oxygens (including phenoxy) is 1. The number of phenolic OH excluding ortho intramolecular Hbond substituents is 1. The zero-order chi connectivity index (χ0) is 24.9. The maximum atomic E-state index is 9.94. The third-order valence-electron chi connectivity index (χ3n) is 6.08. The summed E-state index contributed by atoms with van der Waals surface area (Å²) in [5.74, 6) is 0.768. The summed E-state index contributed by atoms with van der Waals surface area (Å²) >= 11 is 0. The van der Waals surface area contributed by atoms with Crippen molar-refractivity contribution in [3.05, 3.63) is 59.7 Å². The number of para-hydroxylation sites is 1. The average molecular weight is 466 g/mol. The van der Waals surface area contributed by atoms with Crippen LogP contribution in [0.4, 0.5) is 5.69 Å². The van der Waals surface area contributed by atoms with E-state index in [-0.39, 0.29) is 5.75 Å². The molecule has 0 amide bonds. The van der Waals surface area contributed by atoms with E-state index in [1.165, 1.54) is 16.8 Å². The van der Waals surface area contributed by atoms with Gasteiger partial charge in [-0.2, -0.15) is 0 Å². The average Bonchev–Trinajstić information content (AvgIpc) is 2.89. The van der Waals surface area contributed by atoms with E-state index < -0.39 is 0 Å². The van der Waals surface area contributed by atoms with E-state index >= 15 is 0 Å². The largest absolute Gasteiger partial charge is 0.506 e. The molecule has 0 spiro atoms. The molecule has 1 aliphatic heterocycles. The standard InChI is InChI=1S/C25H31N3O2.2C2H6/c1-19-7-5-9-22(20(19)2)28-16-14-27(15-17-28)13-3-4-18-30-24-12-11-21-8-6-10-23(29)25(21)26-24;2*1-2/h5-12,29H,3-4,13-18H2,1-2H3;2*1-2H3. The smallest absolute Gasteiger partial charge is 0.213 e. The predicted octanol–water partition coefficient (Wildman–Crippen LogP) is 6.59. The minimum absolute atomic E-state index is 0.193. The monoisotopic (exact) mass is 465 g/mol. The Bertz CT molecular complexity index is 998. The maximum absolute atomic E-state index is 9.94. The molecule has 1 saturated heterocycles. The molecule has 186 valence electrons. The summed E-state index contributed by atoms with van der Waals surface area (Å²) < 4.78 is 5.81. The van der Waals surface area contributed by atoms with Crippen molar-refractivity contribution in [3.8, 4) is 11.6 Å². The summed E-state index contributed by atoms with van der Waals surface area (Å²) in [5.41, 5.74) is 4.75. The van der Waals surface area contributed by atoms with Crippen LogP contribution in [0.15, 0.2) is 48.5 Å². The van der Waals surface area contributed by atoms with Crippen LogP contribution in [0.1, 0.15) is 51.7 Å². The number of rotatable bonds is 7. The zero-order valence-corrected chi connectivity index (χ0v) is 22.0. The second-order valence-corrected chi connectivity index (χ2v) is 8.10. The van der Waals surface area contributed by atoms with Crippen LogP contribution in [0.25, 0.3) is 10.9 Å². The lowest BCUT2D eigenvalue weighted by atomic mass is 10.1. The summed E-state index contributed by atoms with van der Waals surface area (Å²) in [6.45, 7) is 18.6. The molecule has 2 aromatic carbocycles. The molecular formula is C29H43N3O2. The van der Waals surface area contributed by atoms with Gasteiger partial charge in [-0.3, -0.25) is 4.90 Å². The second-order valence-electron chi connectivity index (χ2n) is 8.10. The van der Waals surface area contributed by atoms with Gasteiger partial charge >= 0.3 is 0 Å². The van der Waals surface area contributed by atoms with Crippen molar-refractivity contribution in [2.45, 2.75) is 54.4 Å². The van der Waals surface area contributed by atoms with Gasteiger partial charge in [0.15, 0.2) is 0 Å². The number of anilines is 1. The Hall–Kier alpha value is -2.79. The minimum Gasteiger partial charge on any atom is -0.506 e. The van der Waals surface area contributed by atoms with Crippen LogP contribution in [0.2, 0.25) is 0 Å². The minimum atomic E-state index is 0.193. The molecule has 0 radical (unpaired) electrons. The third kappa shape index (κ3) is 7.36. The number of benzene rings is 2. The molecule has 1 aliphatic rings. The van der Waals surface area contributed by atoms with Crippen molar-refractivity contribution in [3.63, 3.8) is 0 Å². The highest BCUT2D eigenvalue weighted by atomic mass is 16.5. The lowest BCUT2D eigenvalue weighted by Gasteiger charge is -2.37. The van der Waals surface area contributed by atoms with Gasteiger partial charge in [0.05, 0.1) is 6.61 Å². The number of aryl methyl sites for hydroxylation is 1. The van der Waals surface area contributed by atoms with E-state index in [1.54, 1.807) is 6.07 Å². The van der Waals surface area contributed by atoms with Gasteiger partial charge in [0.25, 0.3) is 0 Å². The fourth-order valence-electron chi connectivity index (χ4n) is 4.10. The number of fused-ring (bicyclic) bond motifs is 1. The Morgan fingerprint density at radius 3 is 2.29 bits per heavy atom. The quantitative estimate of drug-likeness (QED) is 0.399. The molecule has 34 heavy (non-hydrogen) atoms. The number of hydrogen-bond acceptors (Lipinski definition) is 5. The Morgan fingerprint density at radius 1 is 0.853 bits per heavy atom. The third-order valence-corrected chi connectivity index (χ3v) is 6.08. The highest BCUT2D eigenvalue weighted by Gasteiger charge is 2.18. The van der Waals surface area contributed by atoms with Crippen LogP contribution < -0.4 is 9.64 Å². The zero-order valence-electron chi connectivity index (χ0n) is 22.0. The van der Waals surface area contributed by atoms with Gasteiger partial charge in [-0.25, -0.2) is 4.98 Å². The molecule has 3 aromatic rings. The summed E-state index contributed by atoms with van der Waals surface area (Å²) in [6.07, 6.45) is 2.11. The number of hydrogen-bond donors (Lipinski definition) is 1. The molecule has 5 nitrogen and oxygen atoms in total. The van der Waals surface area contributed by atoms with Crippen molar-refractivity contribution in [2.75, 3.05) is 44.2 Å². The van der Waals surface area contributed by atoms with Crippen LogP contribution in [0.3, 0.4) is 0 Å². The first kappa shape index (κ1) is 27.5. The molecule has 0 atom stereocenters. The van der Waals surface area contributed by atoms with Crippen molar-refractivity contribution < 1.29 is 9.84 Å². The van der Waals surface area contributed by atoms with Crippen molar-refractivity contribution in [1.82, 2.24) is 9.88 Å². The van der Waals surface area contributed by atoms with Crippen LogP contribution in [-0.4, -0.2) is 54.3 Å². The van der Waals surface area contributed by atoms with E-state index in [0.717, 1.165) is 51.0 Å². The molecule has 0 bridgehead atoms. The molecule has 0 unspecified atom stereocenters. The van der Waals surface area contributed by atoms with Crippen LogP contribution in [0.5, 0.6) is 11.6 Å². The molecule has 0 saturated carbocycles. The van der Waals surface area contributed by atoms with Crippen LogP contribution >= 0.6 is 0 Å². The first-order valence-electron chi connectivity index (χ1n) is 12.9. The Balaban J connectivity index is 0.000000970. The van der Waals surface area contributed by atoms with E-state index in [2.05, 4.69) is 46.8 Å². The Kier molecular flexibility index (Phi) is 11.7. The van der Waals surface area contributed by atoms with Gasteiger partial charge in [-0.1, -0.05) is 52.0 Å². The Morgan fingerprint density at radius 2 is 1.56 bits per heavy atom. The second kappa shape index (κ2) is 14.5. The fraction of sp³-hybridized carbons (Fsp3) is 0.483. The van der Waals surface area contributed by atoms with Gasteiger partial charge in [0.2, 0.25) is 5.88 Å². The number of nitrogens with zero attached hydrogens (tertiary/aromatic N) is 3. The highest BCUT2D eigenvalue weighted by molar-refractivity contribution is 5.84. The molecule has 1 N–H and O–H groups in total. The van der Waals surface area contributed by atoms with Gasteiger partial charge in [0.1, 0.15) is 11.3 Å². The number of aromatic hydroxyl groups is 1. The first-order valence-corrected chi connectivity index (χ1v) is 12.9. The molecule has 1 fully saturated rings.